The predicted molar refractivity (Wildman–Crippen MR) is 63.7 cm³/mol. The van der Waals surface area contributed by atoms with Crippen LogP contribution < -0.4 is 10.6 Å². The molecule has 0 spiro atoms. The topological polar surface area (TPSA) is 59.6 Å². The molecule has 3 unspecified atom stereocenters. The quantitative estimate of drug-likeness (QED) is 0.699. The first-order valence-electron chi connectivity index (χ1n) is 6.47. The van der Waals surface area contributed by atoms with E-state index in [2.05, 4.69) is 10.6 Å². The van der Waals surface area contributed by atoms with Crippen molar-refractivity contribution in [1.82, 2.24) is 10.6 Å². The van der Waals surface area contributed by atoms with Crippen molar-refractivity contribution < 1.29 is 14.3 Å². The molecule has 0 aliphatic carbocycles. The van der Waals surface area contributed by atoms with Crippen LogP contribution in [0.2, 0.25) is 0 Å². The van der Waals surface area contributed by atoms with E-state index in [0.717, 1.165) is 32.7 Å². The van der Waals surface area contributed by atoms with Gasteiger partial charge in [-0.15, -0.1) is 0 Å². The van der Waals surface area contributed by atoms with Gasteiger partial charge in [0.2, 0.25) is 5.91 Å². The summed E-state index contributed by atoms with van der Waals surface area (Å²) >= 11 is 0. The lowest BCUT2D eigenvalue weighted by atomic mass is 10.0. The fourth-order valence-corrected chi connectivity index (χ4v) is 2.40. The van der Waals surface area contributed by atoms with Crippen LogP contribution in [0.4, 0.5) is 0 Å². The van der Waals surface area contributed by atoms with Crippen molar-refractivity contribution in [2.45, 2.75) is 19.4 Å². The van der Waals surface area contributed by atoms with E-state index in [4.69, 9.17) is 9.47 Å². The van der Waals surface area contributed by atoms with Gasteiger partial charge in [0.05, 0.1) is 25.7 Å². The maximum atomic E-state index is 12.0. The molecule has 2 aliphatic heterocycles. The lowest BCUT2D eigenvalue weighted by Crippen LogP contribution is -2.45. The molecular formula is C12H22N2O3. The lowest BCUT2D eigenvalue weighted by molar-refractivity contribution is -0.125. The van der Waals surface area contributed by atoms with Crippen LogP contribution in [0, 0.1) is 11.8 Å². The lowest BCUT2D eigenvalue weighted by Gasteiger charge is -2.18. The van der Waals surface area contributed by atoms with E-state index in [9.17, 15) is 4.79 Å². The fourth-order valence-electron chi connectivity index (χ4n) is 2.40. The van der Waals surface area contributed by atoms with Gasteiger partial charge < -0.3 is 20.1 Å². The third-order valence-corrected chi connectivity index (χ3v) is 3.47. The molecule has 17 heavy (non-hydrogen) atoms. The van der Waals surface area contributed by atoms with Gasteiger partial charge in [-0.25, -0.2) is 0 Å². The summed E-state index contributed by atoms with van der Waals surface area (Å²) in [6.07, 6.45) is 1.05. The Labute approximate surface area is 102 Å². The summed E-state index contributed by atoms with van der Waals surface area (Å²) in [7, 11) is 0. The Bertz CT molecular complexity index is 254. The summed E-state index contributed by atoms with van der Waals surface area (Å²) in [5.74, 6) is 0.552. The summed E-state index contributed by atoms with van der Waals surface area (Å²) in [5, 5.41) is 6.31. The molecule has 2 fully saturated rings. The normalized spacial score (nSPS) is 32.9. The maximum Gasteiger partial charge on any atom is 0.227 e. The Morgan fingerprint density at radius 3 is 2.88 bits per heavy atom. The molecule has 2 heterocycles. The van der Waals surface area contributed by atoms with Gasteiger partial charge in [-0.05, 0) is 13.0 Å². The number of ether oxygens (including phenoxy) is 2. The number of amides is 1. The predicted octanol–water partition coefficient (Wildman–Crippen LogP) is -0.236. The molecule has 3 atom stereocenters. The maximum absolute atomic E-state index is 12.0. The second-order valence-corrected chi connectivity index (χ2v) is 4.78. The molecule has 0 aromatic rings. The number of nitrogens with one attached hydrogen (secondary N) is 2. The smallest absolute Gasteiger partial charge is 0.227 e. The molecule has 1 amide bonds. The fraction of sp³-hybridized carbons (Fsp3) is 0.917. The first-order valence-corrected chi connectivity index (χ1v) is 6.47. The highest BCUT2D eigenvalue weighted by atomic mass is 16.5. The summed E-state index contributed by atoms with van der Waals surface area (Å²) < 4.78 is 10.7. The first kappa shape index (κ1) is 12.8. The Balaban J connectivity index is 1.74. The zero-order valence-corrected chi connectivity index (χ0v) is 10.4. The minimum atomic E-state index is -0.0442. The van der Waals surface area contributed by atoms with Crippen molar-refractivity contribution in [3.63, 3.8) is 0 Å². The van der Waals surface area contributed by atoms with Crippen molar-refractivity contribution in [1.29, 1.82) is 0 Å². The Kier molecular flexibility index (Phi) is 4.76. The van der Waals surface area contributed by atoms with Gasteiger partial charge in [-0.3, -0.25) is 4.79 Å². The third-order valence-electron chi connectivity index (χ3n) is 3.47. The van der Waals surface area contributed by atoms with Crippen LogP contribution in [0.25, 0.3) is 0 Å². The monoisotopic (exact) mass is 242 g/mol. The van der Waals surface area contributed by atoms with E-state index >= 15 is 0 Å². The van der Waals surface area contributed by atoms with Crippen LogP contribution >= 0.6 is 0 Å². The molecular weight excluding hydrogens is 220 g/mol. The molecule has 2 aliphatic rings. The minimum Gasteiger partial charge on any atom is -0.381 e. The SMILES string of the molecule is CCNC1COCC1C(=O)NCC1CCOC1. The Morgan fingerprint density at radius 1 is 1.29 bits per heavy atom. The number of hydrogen-bond donors (Lipinski definition) is 2. The average molecular weight is 242 g/mol. The molecule has 0 saturated carbocycles. The van der Waals surface area contributed by atoms with Crippen LogP contribution in [-0.4, -0.2) is 51.5 Å². The van der Waals surface area contributed by atoms with Crippen molar-refractivity contribution in [3.8, 4) is 0 Å². The summed E-state index contributed by atoms with van der Waals surface area (Å²) in [4.78, 5) is 12.0. The van der Waals surface area contributed by atoms with Crippen molar-refractivity contribution >= 4 is 5.91 Å². The third kappa shape index (κ3) is 3.40. The zero-order valence-electron chi connectivity index (χ0n) is 10.4. The van der Waals surface area contributed by atoms with Crippen LogP contribution in [0.5, 0.6) is 0 Å². The number of rotatable bonds is 5. The van der Waals surface area contributed by atoms with Crippen molar-refractivity contribution in [2.24, 2.45) is 11.8 Å². The number of carbonyl (C=O) groups is 1. The number of carbonyl (C=O) groups excluding carboxylic acids is 1. The highest BCUT2D eigenvalue weighted by Gasteiger charge is 2.33. The summed E-state index contributed by atoms with van der Waals surface area (Å²) in [6, 6.07) is 0.167. The molecule has 0 bridgehead atoms. The summed E-state index contributed by atoms with van der Waals surface area (Å²) in [5.41, 5.74) is 0. The molecule has 98 valence electrons. The van der Waals surface area contributed by atoms with E-state index in [1.807, 2.05) is 6.92 Å². The second kappa shape index (κ2) is 6.33. The van der Waals surface area contributed by atoms with Gasteiger partial charge in [0.15, 0.2) is 0 Å². The molecule has 2 rings (SSSR count). The van der Waals surface area contributed by atoms with Gasteiger partial charge in [0.25, 0.3) is 0 Å². The zero-order chi connectivity index (χ0) is 12.1. The van der Waals surface area contributed by atoms with Crippen molar-refractivity contribution in [2.75, 3.05) is 39.5 Å². The van der Waals surface area contributed by atoms with Gasteiger partial charge in [0, 0.05) is 25.1 Å². The minimum absolute atomic E-state index is 0.0442. The molecule has 2 N–H and O–H groups in total. The van der Waals surface area contributed by atoms with Crippen LogP contribution in [-0.2, 0) is 14.3 Å². The second-order valence-electron chi connectivity index (χ2n) is 4.78. The van der Waals surface area contributed by atoms with Gasteiger partial charge in [-0.2, -0.15) is 0 Å². The number of likely N-dealkylation sites (N-methyl/N-ethyl adjacent to an activating group) is 1. The van der Waals surface area contributed by atoms with Gasteiger partial charge in [-0.1, -0.05) is 6.92 Å². The highest BCUT2D eigenvalue weighted by molar-refractivity contribution is 5.79. The van der Waals surface area contributed by atoms with Gasteiger partial charge in [0.1, 0.15) is 0 Å². The average Bonchev–Trinajstić information content (AvgIpc) is 2.97. The Hall–Kier alpha value is -0.650. The first-order chi connectivity index (χ1) is 8.31. The van der Waals surface area contributed by atoms with Crippen molar-refractivity contribution in [3.05, 3.63) is 0 Å². The Morgan fingerprint density at radius 2 is 2.18 bits per heavy atom. The van der Waals surface area contributed by atoms with E-state index in [-0.39, 0.29) is 17.9 Å². The largest absolute Gasteiger partial charge is 0.381 e. The van der Waals surface area contributed by atoms with Crippen LogP contribution in [0.15, 0.2) is 0 Å². The van der Waals surface area contributed by atoms with E-state index in [1.54, 1.807) is 0 Å². The van der Waals surface area contributed by atoms with E-state index in [1.165, 1.54) is 0 Å². The van der Waals surface area contributed by atoms with Gasteiger partial charge >= 0.3 is 0 Å². The van der Waals surface area contributed by atoms with Crippen LogP contribution in [0.1, 0.15) is 13.3 Å². The van der Waals surface area contributed by atoms with E-state index < -0.39 is 0 Å². The molecule has 5 nitrogen and oxygen atoms in total. The standard InChI is InChI=1S/C12H22N2O3/c1-2-13-11-8-17-7-10(11)12(15)14-5-9-3-4-16-6-9/h9-11,13H,2-8H2,1H3,(H,14,15). The highest BCUT2D eigenvalue weighted by Crippen LogP contribution is 2.15. The molecule has 2 saturated heterocycles. The van der Waals surface area contributed by atoms with Crippen LogP contribution in [0.3, 0.4) is 0 Å². The molecule has 0 aromatic carbocycles. The molecule has 5 heteroatoms. The number of hydrogen-bond acceptors (Lipinski definition) is 4. The van der Waals surface area contributed by atoms with E-state index in [0.29, 0.717) is 19.1 Å². The molecule has 0 radical (unpaired) electrons. The molecule has 0 aromatic heterocycles. The summed E-state index contributed by atoms with van der Waals surface area (Å²) in [6.45, 7) is 6.42.